The van der Waals surface area contributed by atoms with E-state index in [0.29, 0.717) is 15.9 Å². The SMILES string of the molecule is Cn1c(O)c(C=c2cc3c(cc2Br)=NN=N3)sc1=O. The number of hydrogen-bond acceptors (Lipinski definition) is 6. The highest BCUT2D eigenvalue weighted by molar-refractivity contribution is 9.10. The highest BCUT2D eigenvalue weighted by atomic mass is 79.9. The van der Waals surface area contributed by atoms with Crippen LogP contribution in [0.1, 0.15) is 4.88 Å². The maximum Gasteiger partial charge on any atom is 0.310 e. The Hall–Kier alpha value is -1.80. The van der Waals surface area contributed by atoms with E-state index in [1.807, 2.05) is 0 Å². The van der Waals surface area contributed by atoms with Gasteiger partial charge in [0.15, 0.2) is 0 Å². The molecule has 0 amide bonds. The quantitative estimate of drug-likeness (QED) is 0.852. The van der Waals surface area contributed by atoms with Gasteiger partial charge in [-0.05, 0) is 28.7 Å². The normalized spacial score (nSPS) is 13.7. The Morgan fingerprint density at radius 3 is 2.95 bits per heavy atom. The Morgan fingerprint density at radius 2 is 2.26 bits per heavy atom. The molecule has 96 valence electrons. The van der Waals surface area contributed by atoms with Crippen molar-refractivity contribution in [2.45, 2.75) is 0 Å². The largest absolute Gasteiger partial charge is 0.493 e. The van der Waals surface area contributed by atoms with Crippen molar-refractivity contribution in [1.29, 1.82) is 0 Å². The molecule has 1 aromatic carbocycles. The lowest BCUT2D eigenvalue weighted by atomic mass is 10.2. The molecule has 0 aliphatic carbocycles. The minimum Gasteiger partial charge on any atom is -0.493 e. The number of hydrogen-bond donors (Lipinski definition) is 1. The molecule has 0 atom stereocenters. The molecule has 0 fully saturated rings. The molecule has 1 aliphatic heterocycles. The molecule has 0 bridgehead atoms. The summed E-state index contributed by atoms with van der Waals surface area (Å²) in [7, 11) is 1.52. The second-order valence-electron chi connectivity index (χ2n) is 3.91. The number of rotatable bonds is 1. The lowest BCUT2D eigenvalue weighted by molar-refractivity contribution is 0.428. The Labute approximate surface area is 119 Å². The van der Waals surface area contributed by atoms with Crippen molar-refractivity contribution in [2.24, 2.45) is 22.5 Å². The lowest BCUT2D eigenvalue weighted by Gasteiger charge is -1.95. The zero-order valence-electron chi connectivity index (χ0n) is 9.66. The third-order valence-electron chi connectivity index (χ3n) is 2.69. The summed E-state index contributed by atoms with van der Waals surface area (Å²) < 4.78 is 2.00. The molecule has 1 aromatic heterocycles. The third-order valence-corrected chi connectivity index (χ3v) is 4.35. The van der Waals surface area contributed by atoms with Crippen molar-refractivity contribution in [3.05, 3.63) is 41.7 Å². The van der Waals surface area contributed by atoms with Gasteiger partial charge in [-0.25, -0.2) is 0 Å². The maximum absolute atomic E-state index is 11.5. The Kier molecular flexibility index (Phi) is 2.83. The zero-order chi connectivity index (χ0) is 13.6. The van der Waals surface area contributed by atoms with Crippen molar-refractivity contribution >= 4 is 39.0 Å². The predicted octanol–water partition coefficient (Wildman–Crippen LogP) is 1.38. The molecule has 0 radical (unpaired) electrons. The van der Waals surface area contributed by atoms with E-state index in [1.165, 1.54) is 11.6 Å². The second kappa shape index (κ2) is 4.39. The van der Waals surface area contributed by atoms with Crippen molar-refractivity contribution < 1.29 is 5.11 Å². The molecule has 0 saturated heterocycles. The molecule has 8 heteroatoms. The first-order valence-corrected chi connectivity index (χ1v) is 6.86. The molecule has 3 rings (SSSR count). The number of thiazole rings is 1. The predicted molar refractivity (Wildman–Crippen MR) is 74.2 cm³/mol. The van der Waals surface area contributed by atoms with Crippen molar-refractivity contribution in [3.8, 4) is 5.88 Å². The molecular formula is C11H7BrN4O2S. The zero-order valence-corrected chi connectivity index (χ0v) is 12.1. The number of aromatic nitrogens is 1. The van der Waals surface area contributed by atoms with Crippen LogP contribution in [0.5, 0.6) is 5.88 Å². The fraction of sp³-hybridized carbons (Fsp3) is 0.0909. The molecule has 1 N–H and O–H groups in total. The van der Waals surface area contributed by atoms with Crippen molar-refractivity contribution in [1.82, 2.24) is 4.57 Å². The van der Waals surface area contributed by atoms with Gasteiger partial charge in [-0.3, -0.25) is 9.36 Å². The van der Waals surface area contributed by atoms with Crippen LogP contribution >= 0.6 is 27.3 Å². The Balaban J connectivity index is 2.25. The molecule has 0 unspecified atom stereocenters. The van der Waals surface area contributed by atoms with E-state index in [9.17, 15) is 9.90 Å². The topological polar surface area (TPSA) is 79.3 Å². The Morgan fingerprint density at radius 1 is 1.47 bits per heavy atom. The van der Waals surface area contributed by atoms with Gasteiger partial charge < -0.3 is 5.11 Å². The van der Waals surface area contributed by atoms with E-state index in [2.05, 4.69) is 31.4 Å². The van der Waals surface area contributed by atoms with Crippen LogP contribution in [-0.4, -0.2) is 9.67 Å². The summed E-state index contributed by atoms with van der Waals surface area (Å²) in [6.07, 6.45) is 1.72. The first-order valence-electron chi connectivity index (χ1n) is 5.25. The van der Waals surface area contributed by atoms with Crippen LogP contribution in [-0.2, 0) is 7.05 Å². The molecule has 2 aromatic rings. The van der Waals surface area contributed by atoms with E-state index in [-0.39, 0.29) is 10.8 Å². The van der Waals surface area contributed by atoms with E-state index in [4.69, 9.17) is 0 Å². The van der Waals surface area contributed by atoms with Gasteiger partial charge in [0, 0.05) is 11.5 Å². The maximum atomic E-state index is 11.5. The van der Waals surface area contributed by atoms with E-state index in [1.54, 1.807) is 18.2 Å². The summed E-state index contributed by atoms with van der Waals surface area (Å²) in [5, 5.41) is 22.6. The van der Waals surface area contributed by atoms with Crippen LogP contribution in [0.4, 0.5) is 5.69 Å². The highest BCUT2D eigenvalue weighted by Crippen LogP contribution is 2.20. The molecule has 1 aliphatic rings. The molecule has 2 heterocycles. The summed E-state index contributed by atoms with van der Waals surface area (Å²) >= 11 is 4.40. The third kappa shape index (κ3) is 2.02. The standard InChI is InChI=1S/C11H7BrN4O2S/c1-16-10(17)9(19-11(16)18)3-5-2-7-8(4-6(5)12)14-15-13-7/h2-4,17H,1H3. The van der Waals surface area contributed by atoms with Crippen LogP contribution < -0.4 is 15.4 Å². The fourth-order valence-corrected chi connectivity index (χ4v) is 2.92. The number of halogens is 1. The molecular weight excluding hydrogens is 332 g/mol. The average Bonchev–Trinajstić information content (AvgIpc) is 2.91. The number of nitrogens with zero attached hydrogens (tertiary/aromatic N) is 4. The number of benzene rings is 1. The minimum atomic E-state index is -0.212. The van der Waals surface area contributed by atoms with Crippen LogP contribution in [0.2, 0.25) is 0 Å². The average molecular weight is 339 g/mol. The summed E-state index contributed by atoms with van der Waals surface area (Å²) in [4.78, 5) is 11.8. The first kappa shape index (κ1) is 12.2. The molecule has 6 nitrogen and oxygen atoms in total. The first-order chi connectivity index (χ1) is 9.06. The molecule has 0 spiro atoms. The van der Waals surface area contributed by atoms with Crippen molar-refractivity contribution in [2.75, 3.05) is 0 Å². The van der Waals surface area contributed by atoms with E-state index >= 15 is 0 Å². The van der Waals surface area contributed by atoms with Gasteiger partial charge in [-0.2, -0.15) is 0 Å². The number of fused-ring (bicyclic) bond motifs is 1. The highest BCUT2D eigenvalue weighted by Gasteiger charge is 2.09. The second-order valence-corrected chi connectivity index (χ2v) is 5.76. The van der Waals surface area contributed by atoms with Crippen LogP contribution in [0.15, 0.2) is 36.8 Å². The van der Waals surface area contributed by atoms with Gasteiger partial charge in [0.05, 0.1) is 4.88 Å². The summed E-state index contributed by atoms with van der Waals surface area (Å²) in [6, 6.07) is 3.59. The van der Waals surface area contributed by atoms with Crippen molar-refractivity contribution in [3.63, 3.8) is 0 Å². The van der Waals surface area contributed by atoms with Crippen LogP contribution in [0.25, 0.3) is 6.08 Å². The van der Waals surface area contributed by atoms with Gasteiger partial charge in [0.25, 0.3) is 0 Å². The molecule has 0 saturated carbocycles. The van der Waals surface area contributed by atoms with Crippen LogP contribution in [0, 0.1) is 0 Å². The summed E-state index contributed by atoms with van der Waals surface area (Å²) in [5.41, 5.74) is 0.664. The minimum absolute atomic E-state index is 0.0475. The van der Waals surface area contributed by atoms with Gasteiger partial charge in [0.2, 0.25) is 5.88 Å². The van der Waals surface area contributed by atoms with E-state index in [0.717, 1.165) is 21.0 Å². The number of aromatic hydroxyl groups is 1. The molecule has 19 heavy (non-hydrogen) atoms. The summed E-state index contributed by atoms with van der Waals surface area (Å²) in [5.74, 6) is -0.0475. The smallest absolute Gasteiger partial charge is 0.310 e. The van der Waals surface area contributed by atoms with Gasteiger partial charge in [0.1, 0.15) is 11.0 Å². The Bertz CT molecular complexity index is 881. The summed E-state index contributed by atoms with van der Waals surface area (Å²) in [6.45, 7) is 0. The lowest BCUT2D eigenvalue weighted by Crippen LogP contribution is -2.09. The fourth-order valence-electron chi connectivity index (χ4n) is 1.65. The van der Waals surface area contributed by atoms with Crippen LogP contribution in [0.3, 0.4) is 0 Å². The van der Waals surface area contributed by atoms with E-state index < -0.39 is 0 Å². The van der Waals surface area contributed by atoms with Gasteiger partial charge in [-0.1, -0.05) is 27.3 Å². The van der Waals surface area contributed by atoms with Gasteiger partial charge >= 0.3 is 4.87 Å². The monoisotopic (exact) mass is 338 g/mol. The van der Waals surface area contributed by atoms with Gasteiger partial charge in [-0.15, -0.1) is 10.2 Å².